The van der Waals surface area contributed by atoms with Crippen LogP contribution in [0.15, 0.2) is 58.1 Å². The molecule has 0 spiro atoms. The zero-order valence-electron chi connectivity index (χ0n) is 15.8. The Morgan fingerprint density at radius 2 is 1.87 bits per heavy atom. The summed E-state index contributed by atoms with van der Waals surface area (Å²) >= 11 is 3.30. The van der Waals surface area contributed by atoms with E-state index in [0.29, 0.717) is 11.1 Å². The van der Waals surface area contributed by atoms with E-state index in [4.69, 9.17) is 9.47 Å². The zero-order chi connectivity index (χ0) is 21.5. The fraction of sp³-hybridized carbons (Fsp3) is 0.150. The number of rotatable bonds is 8. The summed E-state index contributed by atoms with van der Waals surface area (Å²) in [6, 6.07) is 12.3. The second-order valence-corrected chi connectivity index (χ2v) is 6.78. The van der Waals surface area contributed by atoms with E-state index in [2.05, 4.69) is 31.3 Å². The average Bonchev–Trinajstić information content (AvgIpc) is 3.15. The molecule has 3 aromatic rings. The van der Waals surface area contributed by atoms with Crippen LogP contribution in [-0.2, 0) is 4.74 Å². The first-order valence-electron chi connectivity index (χ1n) is 8.82. The number of benzene rings is 2. The molecule has 0 aliphatic rings. The van der Waals surface area contributed by atoms with Crippen molar-refractivity contribution in [3.05, 3.63) is 75.6 Å². The number of Topliss-reactive ketones (excluding diaryl/α,β-unsaturated/α-hetero) is 1. The second-order valence-electron chi connectivity index (χ2n) is 5.87. The van der Waals surface area contributed by atoms with Gasteiger partial charge in [0.25, 0.3) is 5.88 Å². The molecule has 0 saturated heterocycles. The Labute approximate surface area is 179 Å². The van der Waals surface area contributed by atoms with Gasteiger partial charge in [-0.25, -0.2) is 9.18 Å². The molecule has 0 N–H and O–H groups in total. The smallest absolute Gasteiger partial charge is 0.364 e. The highest BCUT2D eigenvalue weighted by Crippen LogP contribution is 2.18. The SMILES string of the molecule is CCOC(=O)c1nnn(N=Cc2ccc(F)cc2)c1OCC(=O)c1ccc(Br)cc1. The molecule has 0 bridgehead atoms. The lowest BCUT2D eigenvalue weighted by Gasteiger charge is -2.07. The van der Waals surface area contributed by atoms with Gasteiger partial charge < -0.3 is 9.47 Å². The summed E-state index contributed by atoms with van der Waals surface area (Å²) in [6.07, 6.45) is 1.38. The molecule has 0 unspecified atom stereocenters. The van der Waals surface area contributed by atoms with Crippen LogP contribution in [0.4, 0.5) is 4.39 Å². The third-order valence-electron chi connectivity index (χ3n) is 3.77. The lowest BCUT2D eigenvalue weighted by Crippen LogP contribution is -2.15. The lowest BCUT2D eigenvalue weighted by molar-refractivity contribution is 0.0512. The molecule has 0 saturated carbocycles. The van der Waals surface area contributed by atoms with Crippen LogP contribution in [-0.4, -0.2) is 46.3 Å². The number of hydrogen-bond acceptors (Lipinski definition) is 7. The van der Waals surface area contributed by atoms with Gasteiger partial charge in [-0.2, -0.15) is 5.10 Å². The topological polar surface area (TPSA) is 95.7 Å². The first-order valence-corrected chi connectivity index (χ1v) is 9.61. The number of carbonyl (C=O) groups is 2. The van der Waals surface area contributed by atoms with Gasteiger partial charge in [-0.05, 0) is 42.0 Å². The maximum atomic E-state index is 13.0. The zero-order valence-corrected chi connectivity index (χ0v) is 17.4. The molecule has 3 rings (SSSR count). The van der Waals surface area contributed by atoms with Crippen LogP contribution in [0.5, 0.6) is 5.88 Å². The van der Waals surface area contributed by atoms with Gasteiger partial charge in [0.15, 0.2) is 12.4 Å². The highest BCUT2D eigenvalue weighted by Gasteiger charge is 2.23. The van der Waals surface area contributed by atoms with Crippen LogP contribution in [0.25, 0.3) is 0 Å². The van der Waals surface area contributed by atoms with Crippen LogP contribution < -0.4 is 4.74 Å². The Balaban J connectivity index is 1.82. The molecule has 30 heavy (non-hydrogen) atoms. The molecule has 0 amide bonds. The summed E-state index contributed by atoms with van der Waals surface area (Å²) in [6.45, 7) is 1.40. The number of hydrogen-bond donors (Lipinski definition) is 0. The number of ether oxygens (including phenoxy) is 2. The van der Waals surface area contributed by atoms with Crippen molar-refractivity contribution in [2.45, 2.75) is 6.92 Å². The molecule has 0 radical (unpaired) electrons. The summed E-state index contributed by atoms with van der Waals surface area (Å²) in [4.78, 5) is 25.5. The highest BCUT2D eigenvalue weighted by atomic mass is 79.9. The van der Waals surface area contributed by atoms with Gasteiger partial charge in [0.2, 0.25) is 5.69 Å². The van der Waals surface area contributed by atoms with Gasteiger partial charge in [-0.15, -0.1) is 5.10 Å². The molecular weight excluding hydrogens is 459 g/mol. The van der Waals surface area contributed by atoms with E-state index in [-0.39, 0.29) is 36.4 Å². The minimum Gasteiger partial charge on any atom is -0.466 e. The molecule has 154 valence electrons. The number of nitrogens with zero attached hydrogens (tertiary/aromatic N) is 4. The van der Waals surface area contributed by atoms with Crippen molar-refractivity contribution in [3.63, 3.8) is 0 Å². The van der Waals surface area contributed by atoms with Gasteiger partial charge >= 0.3 is 5.97 Å². The Morgan fingerprint density at radius 1 is 1.17 bits per heavy atom. The van der Waals surface area contributed by atoms with Gasteiger partial charge in [0.1, 0.15) is 5.82 Å². The number of carbonyl (C=O) groups excluding carboxylic acids is 2. The van der Waals surface area contributed by atoms with E-state index in [1.165, 1.54) is 30.5 Å². The van der Waals surface area contributed by atoms with Crippen LogP contribution in [0, 0.1) is 5.82 Å². The van der Waals surface area contributed by atoms with Crippen molar-refractivity contribution in [1.29, 1.82) is 0 Å². The van der Waals surface area contributed by atoms with Crippen molar-refractivity contribution >= 4 is 33.9 Å². The van der Waals surface area contributed by atoms with Crippen LogP contribution in [0.1, 0.15) is 33.3 Å². The molecule has 0 atom stereocenters. The van der Waals surface area contributed by atoms with Crippen molar-refractivity contribution in [2.75, 3.05) is 13.2 Å². The maximum absolute atomic E-state index is 13.0. The molecule has 0 fully saturated rings. The van der Waals surface area contributed by atoms with Gasteiger partial charge in [0.05, 0.1) is 12.8 Å². The van der Waals surface area contributed by atoms with Gasteiger partial charge in [-0.1, -0.05) is 45.0 Å². The highest BCUT2D eigenvalue weighted by molar-refractivity contribution is 9.10. The first kappa shape index (κ1) is 21.3. The molecule has 0 aliphatic heterocycles. The second kappa shape index (κ2) is 9.88. The molecule has 8 nitrogen and oxygen atoms in total. The Hall–Kier alpha value is -3.40. The fourth-order valence-corrected chi connectivity index (χ4v) is 2.58. The Kier molecular flexibility index (Phi) is 7.02. The standard InChI is InChI=1S/C20H16BrFN4O4/c1-2-29-20(28)18-19(30-12-17(27)14-5-7-15(21)8-6-14)26(25-24-18)23-11-13-3-9-16(22)10-4-13/h3-11H,2,12H2,1H3. The van der Waals surface area contributed by atoms with Crippen LogP contribution >= 0.6 is 15.9 Å². The van der Waals surface area contributed by atoms with Crippen molar-refractivity contribution in [2.24, 2.45) is 5.10 Å². The van der Waals surface area contributed by atoms with Crippen molar-refractivity contribution in [3.8, 4) is 5.88 Å². The van der Waals surface area contributed by atoms with E-state index in [1.807, 2.05) is 0 Å². The van der Waals surface area contributed by atoms with Gasteiger partial charge in [0, 0.05) is 10.0 Å². The molecule has 0 aliphatic carbocycles. The van der Waals surface area contributed by atoms with E-state index in [9.17, 15) is 14.0 Å². The van der Waals surface area contributed by atoms with Gasteiger partial charge in [-0.3, -0.25) is 4.79 Å². The number of ketones is 1. The number of halogens is 2. The van der Waals surface area contributed by atoms with Crippen LogP contribution in [0.3, 0.4) is 0 Å². The third-order valence-corrected chi connectivity index (χ3v) is 4.30. The van der Waals surface area contributed by atoms with Crippen LogP contribution in [0.2, 0.25) is 0 Å². The van der Waals surface area contributed by atoms with E-state index in [0.717, 1.165) is 9.26 Å². The quantitative estimate of drug-likeness (QED) is 0.281. The fourth-order valence-electron chi connectivity index (χ4n) is 2.32. The monoisotopic (exact) mass is 474 g/mol. The summed E-state index contributed by atoms with van der Waals surface area (Å²) < 4.78 is 24.3. The largest absolute Gasteiger partial charge is 0.466 e. The number of esters is 1. The normalized spacial score (nSPS) is 10.9. The summed E-state index contributed by atoms with van der Waals surface area (Å²) in [7, 11) is 0. The van der Waals surface area contributed by atoms with Crippen molar-refractivity contribution in [1.82, 2.24) is 15.1 Å². The van der Waals surface area contributed by atoms with E-state index in [1.54, 1.807) is 31.2 Å². The minimum atomic E-state index is -0.758. The van der Waals surface area contributed by atoms with E-state index < -0.39 is 5.97 Å². The third kappa shape index (κ3) is 5.35. The Morgan fingerprint density at radius 3 is 2.53 bits per heavy atom. The maximum Gasteiger partial charge on any atom is 0.364 e. The summed E-state index contributed by atoms with van der Waals surface area (Å²) in [5, 5.41) is 11.6. The van der Waals surface area contributed by atoms with Crippen molar-refractivity contribution < 1.29 is 23.5 Å². The molecule has 1 heterocycles. The minimum absolute atomic E-state index is 0.127. The molecule has 1 aromatic heterocycles. The lowest BCUT2D eigenvalue weighted by atomic mass is 10.1. The van der Waals surface area contributed by atoms with E-state index >= 15 is 0 Å². The number of aromatic nitrogens is 3. The average molecular weight is 475 g/mol. The molecule has 2 aromatic carbocycles. The first-order chi connectivity index (χ1) is 14.5. The molecular formula is C20H16BrFN4O4. The summed E-state index contributed by atoms with van der Waals surface area (Å²) in [5.74, 6) is -1.59. The molecule has 10 heteroatoms. The predicted molar refractivity (Wildman–Crippen MR) is 109 cm³/mol. The predicted octanol–water partition coefficient (Wildman–Crippen LogP) is 3.50. The summed E-state index contributed by atoms with van der Waals surface area (Å²) in [5.41, 5.74) is 0.808. The Bertz CT molecular complexity index is 1070.